The molecule has 0 unspecified atom stereocenters. The number of aliphatic hydroxyl groups excluding tert-OH is 1. The number of hydrogen-bond donors (Lipinski definition) is 1. The molecular weight excluding hydrogens is 290 g/mol. The fraction of sp³-hybridized carbons (Fsp3) is 0.722. The van der Waals surface area contributed by atoms with Crippen molar-refractivity contribution in [2.45, 2.75) is 38.8 Å². The van der Waals surface area contributed by atoms with Crippen LogP contribution in [0.15, 0.2) is 23.0 Å². The molecule has 0 aliphatic carbocycles. The first-order chi connectivity index (χ1) is 11.1. The molecule has 2 aliphatic rings. The summed E-state index contributed by atoms with van der Waals surface area (Å²) in [5.41, 5.74) is 1.31. The highest BCUT2D eigenvalue weighted by Gasteiger charge is 2.34. The number of piperidine rings is 1. The quantitative estimate of drug-likeness (QED) is 0.849. The Labute approximate surface area is 138 Å². The fourth-order valence-electron chi connectivity index (χ4n) is 4.28. The molecule has 5 heteroatoms. The van der Waals surface area contributed by atoms with Crippen LogP contribution in [-0.2, 0) is 6.54 Å². The third-order valence-electron chi connectivity index (χ3n) is 5.39. The van der Waals surface area contributed by atoms with Gasteiger partial charge in [-0.1, -0.05) is 19.9 Å². The Morgan fingerprint density at radius 3 is 2.78 bits per heavy atom. The van der Waals surface area contributed by atoms with Gasteiger partial charge in [-0.25, -0.2) is 0 Å². The van der Waals surface area contributed by atoms with Crippen LogP contribution in [0.1, 0.15) is 31.9 Å². The molecule has 5 nitrogen and oxygen atoms in total. The van der Waals surface area contributed by atoms with Crippen molar-refractivity contribution in [1.29, 1.82) is 0 Å². The van der Waals surface area contributed by atoms with Crippen LogP contribution in [0.2, 0.25) is 0 Å². The second kappa shape index (κ2) is 7.16. The van der Waals surface area contributed by atoms with Crippen molar-refractivity contribution in [3.63, 3.8) is 0 Å². The van der Waals surface area contributed by atoms with Gasteiger partial charge >= 0.3 is 0 Å². The van der Waals surface area contributed by atoms with Gasteiger partial charge in [-0.15, -0.1) is 0 Å². The van der Waals surface area contributed by atoms with Gasteiger partial charge in [0.05, 0.1) is 6.10 Å². The number of likely N-dealkylation sites (N-methyl/N-ethyl adjacent to an activating group) is 1. The molecule has 0 saturated carbocycles. The van der Waals surface area contributed by atoms with Crippen LogP contribution in [-0.4, -0.2) is 64.8 Å². The molecule has 0 radical (unpaired) electrons. The van der Waals surface area contributed by atoms with E-state index in [2.05, 4.69) is 29.7 Å². The van der Waals surface area contributed by atoms with Crippen LogP contribution < -0.4 is 5.56 Å². The highest BCUT2D eigenvalue weighted by Crippen LogP contribution is 2.34. The van der Waals surface area contributed by atoms with E-state index in [1.54, 1.807) is 6.07 Å². The number of nitrogens with zero attached hydrogens (tertiary/aromatic N) is 3. The smallest absolute Gasteiger partial charge is 0.250 e. The second-order valence-electron chi connectivity index (χ2n) is 7.06. The van der Waals surface area contributed by atoms with Crippen LogP contribution in [0.5, 0.6) is 0 Å². The van der Waals surface area contributed by atoms with Gasteiger partial charge in [0.25, 0.3) is 5.56 Å². The third kappa shape index (κ3) is 3.67. The van der Waals surface area contributed by atoms with E-state index in [0.717, 1.165) is 45.8 Å². The number of aromatic nitrogens is 1. The molecule has 2 aliphatic heterocycles. The number of rotatable bonds is 6. The van der Waals surface area contributed by atoms with Crippen molar-refractivity contribution in [3.8, 4) is 0 Å². The minimum Gasteiger partial charge on any atom is -0.390 e. The molecule has 1 fully saturated rings. The Bertz CT molecular complexity index is 582. The summed E-state index contributed by atoms with van der Waals surface area (Å²) in [5.74, 6) is 0.957. The lowest BCUT2D eigenvalue weighted by Crippen LogP contribution is -2.50. The largest absolute Gasteiger partial charge is 0.390 e. The van der Waals surface area contributed by atoms with E-state index >= 15 is 0 Å². The van der Waals surface area contributed by atoms with Gasteiger partial charge in [-0.2, -0.15) is 0 Å². The number of hydrogen-bond acceptors (Lipinski definition) is 4. The van der Waals surface area contributed by atoms with Gasteiger partial charge in [-0.3, -0.25) is 9.69 Å². The summed E-state index contributed by atoms with van der Waals surface area (Å²) in [4.78, 5) is 16.7. The summed E-state index contributed by atoms with van der Waals surface area (Å²) in [6, 6.07) is 5.64. The van der Waals surface area contributed by atoms with E-state index < -0.39 is 0 Å². The van der Waals surface area contributed by atoms with Gasteiger partial charge in [-0.05, 0) is 31.5 Å². The fourth-order valence-corrected chi connectivity index (χ4v) is 4.28. The van der Waals surface area contributed by atoms with Gasteiger partial charge < -0.3 is 14.6 Å². The Kier molecular flexibility index (Phi) is 5.19. The van der Waals surface area contributed by atoms with Crippen molar-refractivity contribution in [2.75, 3.05) is 39.3 Å². The summed E-state index contributed by atoms with van der Waals surface area (Å²) >= 11 is 0. The van der Waals surface area contributed by atoms with Crippen molar-refractivity contribution < 1.29 is 5.11 Å². The average molecular weight is 319 g/mol. The molecule has 1 N–H and O–H groups in total. The lowest BCUT2D eigenvalue weighted by Gasteiger charge is -2.43. The number of pyridine rings is 1. The van der Waals surface area contributed by atoms with Gasteiger partial charge in [0.1, 0.15) is 0 Å². The maximum absolute atomic E-state index is 12.0. The van der Waals surface area contributed by atoms with Crippen LogP contribution >= 0.6 is 0 Å². The first kappa shape index (κ1) is 16.7. The molecule has 3 rings (SSSR count). The average Bonchev–Trinajstić information content (AvgIpc) is 2.53. The Balaban J connectivity index is 1.65. The predicted octanol–water partition coefficient (Wildman–Crippen LogP) is 0.970. The molecule has 0 amide bonds. The van der Waals surface area contributed by atoms with E-state index in [4.69, 9.17) is 0 Å². The molecule has 23 heavy (non-hydrogen) atoms. The Morgan fingerprint density at radius 1 is 1.26 bits per heavy atom. The highest BCUT2D eigenvalue weighted by atomic mass is 16.3. The lowest BCUT2D eigenvalue weighted by molar-refractivity contribution is 0.0444. The maximum Gasteiger partial charge on any atom is 0.250 e. The Hall–Kier alpha value is -1.17. The molecule has 0 spiro atoms. The topological polar surface area (TPSA) is 48.7 Å². The number of fused-ring (bicyclic) bond motifs is 4. The lowest BCUT2D eigenvalue weighted by atomic mass is 9.83. The van der Waals surface area contributed by atoms with Crippen molar-refractivity contribution in [1.82, 2.24) is 14.4 Å². The van der Waals surface area contributed by atoms with Crippen molar-refractivity contribution in [2.24, 2.45) is 5.92 Å². The number of aliphatic hydroxyl groups is 1. The Morgan fingerprint density at radius 2 is 2.04 bits per heavy atom. The molecule has 128 valence electrons. The van der Waals surface area contributed by atoms with Crippen molar-refractivity contribution in [3.05, 3.63) is 34.2 Å². The first-order valence-corrected chi connectivity index (χ1v) is 8.93. The molecule has 1 aromatic heterocycles. The number of β-amino-alcohol motifs (C(OH)–C–C–N with tert-alkyl or cyclic N) is 1. The van der Waals surface area contributed by atoms with Gasteiger partial charge in [0.2, 0.25) is 0 Å². The standard InChI is InChI=1S/C18H29N3O2/c1-3-19(4-2)12-16(22)13-20-9-14-8-15(11-20)17-6-5-7-18(23)21(17)10-14/h5-7,14-16,22H,3-4,8-13H2,1-2H3/t14-,15-,16-/m0/s1. The van der Waals surface area contributed by atoms with E-state index in [9.17, 15) is 9.90 Å². The van der Waals surface area contributed by atoms with E-state index in [0.29, 0.717) is 11.8 Å². The van der Waals surface area contributed by atoms with Crippen LogP contribution in [0, 0.1) is 5.92 Å². The summed E-state index contributed by atoms with van der Waals surface area (Å²) < 4.78 is 1.96. The molecule has 1 aromatic rings. The van der Waals surface area contributed by atoms with Crippen LogP contribution in [0.3, 0.4) is 0 Å². The monoisotopic (exact) mass is 319 g/mol. The zero-order chi connectivity index (χ0) is 16.4. The predicted molar refractivity (Wildman–Crippen MR) is 91.8 cm³/mol. The molecule has 3 heterocycles. The first-order valence-electron chi connectivity index (χ1n) is 8.93. The van der Waals surface area contributed by atoms with Gasteiger partial charge in [0.15, 0.2) is 0 Å². The summed E-state index contributed by atoms with van der Waals surface area (Å²) in [6.45, 7) is 10.5. The van der Waals surface area contributed by atoms with E-state index in [-0.39, 0.29) is 11.7 Å². The molecule has 2 bridgehead atoms. The minimum absolute atomic E-state index is 0.132. The van der Waals surface area contributed by atoms with Gasteiger partial charge in [0, 0.05) is 50.4 Å². The minimum atomic E-state index is -0.299. The summed E-state index contributed by atoms with van der Waals surface area (Å²) in [6.07, 6.45) is 0.873. The van der Waals surface area contributed by atoms with Crippen LogP contribution in [0.4, 0.5) is 0 Å². The summed E-state index contributed by atoms with van der Waals surface area (Å²) in [5, 5.41) is 10.4. The zero-order valence-electron chi connectivity index (χ0n) is 14.3. The van der Waals surface area contributed by atoms with E-state index in [1.165, 1.54) is 12.1 Å². The summed E-state index contributed by atoms with van der Waals surface area (Å²) in [7, 11) is 0. The maximum atomic E-state index is 12.0. The SMILES string of the molecule is CCN(CC)C[C@H](O)CN1C[C@@H]2C[C@@H](C1)c1cccc(=O)n1C2. The molecule has 0 aromatic carbocycles. The van der Waals surface area contributed by atoms with E-state index in [1.807, 2.05) is 10.6 Å². The zero-order valence-corrected chi connectivity index (χ0v) is 14.3. The molecule has 1 saturated heterocycles. The van der Waals surface area contributed by atoms with Crippen molar-refractivity contribution >= 4 is 0 Å². The third-order valence-corrected chi connectivity index (χ3v) is 5.39. The van der Waals surface area contributed by atoms with Crippen LogP contribution in [0.25, 0.3) is 0 Å². The second-order valence-corrected chi connectivity index (χ2v) is 7.06. The molecular formula is C18H29N3O2. The molecule has 3 atom stereocenters. The normalized spacial score (nSPS) is 25.4. The highest BCUT2D eigenvalue weighted by molar-refractivity contribution is 5.16. The number of likely N-dealkylation sites (tertiary alicyclic amines) is 1.